The van der Waals surface area contributed by atoms with E-state index < -0.39 is 10.5 Å². The highest BCUT2D eigenvalue weighted by atomic mass is 16.6. The number of ether oxygens (including phenoxy) is 1. The lowest BCUT2D eigenvalue weighted by molar-refractivity contribution is -0.385. The van der Waals surface area contributed by atoms with Crippen molar-refractivity contribution in [1.82, 2.24) is 9.88 Å². The second-order valence-electron chi connectivity index (χ2n) is 7.32. The number of likely N-dealkylation sites (tertiary alicyclic amines) is 1. The molecule has 0 aliphatic carbocycles. The van der Waals surface area contributed by atoms with Gasteiger partial charge in [0.05, 0.1) is 11.0 Å². The van der Waals surface area contributed by atoms with Crippen molar-refractivity contribution in [3.05, 3.63) is 27.9 Å². The van der Waals surface area contributed by atoms with Gasteiger partial charge in [0.15, 0.2) is 0 Å². The first-order valence-corrected chi connectivity index (χ1v) is 8.52. The Morgan fingerprint density at radius 1 is 1.48 bits per heavy atom. The standard InChI is InChI=1S/C17H26N4O4/c1-12-9-15(19-11-14(12)21(23)24)18-10-13-7-5-6-8-20(13)16(22)25-17(2,3)4/h9,11,13H,5-8,10H2,1-4H3,(H,18,19). The number of hydrogen-bond acceptors (Lipinski definition) is 6. The summed E-state index contributed by atoms with van der Waals surface area (Å²) in [5.74, 6) is 0.567. The van der Waals surface area contributed by atoms with E-state index in [1.165, 1.54) is 6.20 Å². The molecule has 138 valence electrons. The van der Waals surface area contributed by atoms with Crippen molar-refractivity contribution in [3.8, 4) is 0 Å². The van der Waals surface area contributed by atoms with Gasteiger partial charge >= 0.3 is 6.09 Å². The molecule has 8 heteroatoms. The molecule has 1 saturated heterocycles. The molecule has 0 spiro atoms. The molecule has 1 aromatic rings. The summed E-state index contributed by atoms with van der Waals surface area (Å²) >= 11 is 0. The van der Waals surface area contributed by atoms with E-state index in [9.17, 15) is 14.9 Å². The second kappa shape index (κ2) is 7.67. The van der Waals surface area contributed by atoms with Crippen LogP contribution in [0.4, 0.5) is 16.3 Å². The third-order valence-corrected chi connectivity index (χ3v) is 4.05. The summed E-state index contributed by atoms with van der Waals surface area (Å²) in [7, 11) is 0. The van der Waals surface area contributed by atoms with Gasteiger partial charge in [-0.2, -0.15) is 0 Å². The minimum Gasteiger partial charge on any atom is -0.444 e. The number of carbonyl (C=O) groups is 1. The van der Waals surface area contributed by atoms with Crippen molar-refractivity contribution in [2.24, 2.45) is 0 Å². The summed E-state index contributed by atoms with van der Waals surface area (Å²) in [6.45, 7) is 8.44. The second-order valence-corrected chi connectivity index (χ2v) is 7.32. The number of carbonyl (C=O) groups excluding carboxylic acids is 1. The Hall–Kier alpha value is -2.38. The van der Waals surface area contributed by atoms with Crippen LogP contribution >= 0.6 is 0 Å². The van der Waals surface area contributed by atoms with Crippen molar-refractivity contribution >= 4 is 17.6 Å². The number of rotatable bonds is 4. The summed E-state index contributed by atoms with van der Waals surface area (Å²) in [5.41, 5.74) is 0.0255. The average molecular weight is 350 g/mol. The van der Waals surface area contributed by atoms with Crippen LogP contribution < -0.4 is 5.32 Å². The molecule has 8 nitrogen and oxygen atoms in total. The number of nitrogens with zero attached hydrogens (tertiary/aromatic N) is 3. The molecule has 0 bridgehead atoms. The van der Waals surface area contributed by atoms with E-state index in [1.807, 2.05) is 20.8 Å². The number of anilines is 1. The van der Waals surface area contributed by atoms with Gasteiger partial charge in [-0.3, -0.25) is 10.1 Å². The maximum Gasteiger partial charge on any atom is 0.410 e. The number of nitro groups is 1. The fourth-order valence-electron chi connectivity index (χ4n) is 2.83. The first-order chi connectivity index (χ1) is 11.7. The van der Waals surface area contributed by atoms with Gasteiger partial charge < -0.3 is 15.0 Å². The summed E-state index contributed by atoms with van der Waals surface area (Å²) in [6, 6.07) is 1.67. The molecule has 1 amide bonds. The zero-order valence-corrected chi connectivity index (χ0v) is 15.2. The van der Waals surface area contributed by atoms with E-state index in [1.54, 1.807) is 17.9 Å². The lowest BCUT2D eigenvalue weighted by atomic mass is 10.0. The SMILES string of the molecule is Cc1cc(NCC2CCCCN2C(=O)OC(C)(C)C)ncc1[N+](=O)[O-]. The number of aromatic nitrogens is 1. The normalized spacial score (nSPS) is 17.9. The van der Waals surface area contributed by atoms with Gasteiger partial charge in [-0.05, 0) is 53.0 Å². The Morgan fingerprint density at radius 2 is 2.20 bits per heavy atom. The molecule has 1 atom stereocenters. The Bertz CT molecular complexity index is 642. The van der Waals surface area contributed by atoms with E-state index in [2.05, 4.69) is 10.3 Å². The molecule has 1 unspecified atom stereocenters. The lowest BCUT2D eigenvalue weighted by Gasteiger charge is -2.36. The molecule has 25 heavy (non-hydrogen) atoms. The van der Waals surface area contributed by atoms with Crippen molar-refractivity contribution in [2.75, 3.05) is 18.4 Å². The fourth-order valence-corrected chi connectivity index (χ4v) is 2.83. The Balaban J connectivity index is 2.01. The van der Waals surface area contributed by atoms with E-state index >= 15 is 0 Å². The summed E-state index contributed by atoms with van der Waals surface area (Å²) in [5, 5.41) is 14.0. The first kappa shape index (κ1) is 19.0. The first-order valence-electron chi connectivity index (χ1n) is 8.52. The van der Waals surface area contributed by atoms with Crippen LogP contribution in [0, 0.1) is 17.0 Å². The molecule has 0 radical (unpaired) electrons. The molecule has 1 aromatic heterocycles. The van der Waals surface area contributed by atoms with Gasteiger partial charge in [0.1, 0.15) is 17.6 Å². The Morgan fingerprint density at radius 3 is 2.80 bits per heavy atom. The molecule has 1 aliphatic heterocycles. The third kappa shape index (κ3) is 5.30. The topological polar surface area (TPSA) is 97.6 Å². The van der Waals surface area contributed by atoms with Crippen LogP contribution in [0.25, 0.3) is 0 Å². The number of nitrogens with one attached hydrogen (secondary N) is 1. The van der Waals surface area contributed by atoms with Gasteiger partial charge in [-0.25, -0.2) is 9.78 Å². The van der Waals surface area contributed by atoms with Crippen LogP contribution in [0.2, 0.25) is 0 Å². The monoisotopic (exact) mass is 350 g/mol. The number of pyridine rings is 1. The van der Waals surface area contributed by atoms with Crippen molar-refractivity contribution in [2.45, 2.75) is 58.6 Å². The molecule has 1 fully saturated rings. The van der Waals surface area contributed by atoms with Crippen LogP contribution in [-0.4, -0.2) is 45.6 Å². The quantitative estimate of drug-likeness (QED) is 0.659. The van der Waals surface area contributed by atoms with Gasteiger partial charge in [0.25, 0.3) is 5.69 Å². The molecular weight excluding hydrogens is 324 g/mol. The largest absolute Gasteiger partial charge is 0.444 e. The van der Waals surface area contributed by atoms with Gasteiger partial charge in [0.2, 0.25) is 0 Å². The predicted molar refractivity (Wildman–Crippen MR) is 94.7 cm³/mol. The molecule has 1 aliphatic rings. The predicted octanol–water partition coefficient (Wildman–Crippen LogP) is 3.50. The maximum atomic E-state index is 12.4. The summed E-state index contributed by atoms with van der Waals surface area (Å²) in [6.07, 6.45) is 3.86. The Labute approximate surface area is 147 Å². The Kier molecular flexibility index (Phi) is 5.81. The zero-order valence-electron chi connectivity index (χ0n) is 15.2. The van der Waals surface area contributed by atoms with Gasteiger partial charge in [0, 0.05) is 18.7 Å². The fraction of sp³-hybridized carbons (Fsp3) is 0.647. The van der Waals surface area contributed by atoms with Crippen LogP contribution in [0.3, 0.4) is 0 Å². The summed E-state index contributed by atoms with van der Waals surface area (Å²) in [4.78, 5) is 28.7. The average Bonchev–Trinajstić information content (AvgIpc) is 2.51. The molecule has 1 N–H and O–H groups in total. The molecule has 2 rings (SSSR count). The van der Waals surface area contributed by atoms with E-state index in [0.717, 1.165) is 19.3 Å². The van der Waals surface area contributed by atoms with E-state index in [0.29, 0.717) is 24.5 Å². The minimum atomic E-state index is -0.524. The molecular formula is C17H26N4O4. The highest BCUT2D eigenvalue weighted by Crippen LogP contribution is 2.22. The number of hydrogen-bond donors (Lipinski definition) is 1. The van der Waals surface area contributed by atoms with Crippen LogP contribution in [0.1, 0.15) is 45.6 Å². The van der Waals surface area contributed by atoms with Crippen molar-refractivity contribution < 1.29 is 14.5 Å². The van der Waals surface area contributed by atoms with Crippen LogP contribution in [-0.2, 0) is 4.74 Å². The van der Waals surface area contributed by atoms with Crippen LogP contribution in [0.15, 0.2) is 12.3 Å². The highest BCUT2D eigenvalue weighted by Gasteiger charge is 2.30. The minimum absolute atomic E-state index is 0.00130. The molecule has 0 aromatic carbocycles. The third-order valence-electron chi connectivity index (χ3n) is 4.05. The molecule has 0 saturated carbocycles. The highest BCUT2D eigenvalue weighted by molar-refractivity contribution is 5.68. The summed E-state index contributed by atoms with van der Waals surface area (Å²) < 4.78 is 5.49. The lowest BCUT2D eigenvalue weighted by Crippen LogP contribution is -2.48. The van der Waals surface area contributed by atoms with Gasteiger partial charge in [-0.1, -0.05) is 0 Å². The van der Waals surface area contributed by atoms with E-state index in [-0.39, 0.29) is 17.8 Å². The molecule has 2 heterocycles. The smallest absolute Gasteiger partial charge is 0.410 e. The van der Waals surface area contributed by atoms with Crippen molar-refractivity contribution in [3.63, 3.8) is 0 Å². The maximum absolute atomic E-state index is 12.4. The van der Waals surface area contributed by atoms with E-state index in [4.69, 9.17) is 4.74 Å². The zero-order chi connectivity index (χ0) is 18.6. The number of piperidine rings is 1. The van der Waals surface area contributed by atoms with Crippen LogP contribution in [0.5, 0.6) is 0 Å². The number of amides is 1. The van der Waals surface area contributed by atoms with Crippen molar-refractivity contribution in [1.29, 1.82) is 0 Å². The number of aryl methyl sites for hydroxylation is 1. The van der Waals surface area contributed by atoms with Gasteiger partial charge in [-0.15, -0.1) is 0 Å².